The third kappa shape index (κ3) is 1.89. The van der Waals surface area contributed by atoms with Crippen LogP contribution in [0, 0.1) is 11.3 Å². The van der Waals surface area contributed by atoms with E-state index in [1.165, 1.54) is 19.3 Å². The first kappa shape index (κ1) is 9.47. The number of ether oxygens (including phenoxy) is 1. The van der Waals surface area contributed by atoms with Crippen molar-refractivity contribution in [1.29, 1.82) is 0 Å². The molecule has 0 amide bonds. The van der Waals surface area contributed by atoms with E-state index in [0.717, 1.165) is 25.6 Å². The van der Waals surface area contributed by atoms with Crippen LogP contribution in [-0.4, -0.2) is 25.8 Å². The Labute approximate surface area is 81.0 Å². The van der Waals surface area contributed by atoms with Crippen molar-refractivity contribution >= 4 is 0 Å². The summed E-state index contributed by atoms with van der Waals surface area (Å²) in [4.78, 5) is 0. The first-order valence-electron chi connectivity index (χ1n) is 5.58. The van der Waals surface area contributed by atoms with Crippen molar-refractivity contribution < 1.29 is 4.74 Å². The third-order valence-corrected chi connectivity index (χ3v) is 3.49. The summed E-state index contributed by atoms with van der Waals surface area (Å²) in [5, 5.41) is 3.46. The Bertz CT molecular complexity index is 179. The second kappa shape index (κ2) is 3.58. The molecule has 2 fully saturated rings. The van der Waals surface area contributed by atoms with Crippen LogP contribution in [-0.2, 0) is 4.74 Å². The van der Waals surface area contributed by atoms with Gasteiger partial charge in [0.05, 0.1) is 6.10 Å². The summed E-state index contributed by atoms with van der Waals surface area (Å²) in [6.45, 7) is 7.73. The smallest absolute Gasteiger partial charge is 0.0669 e. The standard InChI is InChI=1S/C11H21NO/c1-3-12-8-11(2)6-7-13-10(11)9-4-5-9/h9-10,12H,3-8H2,1-2H3. The van der Waals surface area contributed by atoms with Gasteiger partial charge in [0.15, 0.2) is 0 Å². The quantitative estimate of drug-likeness (QED) is 0.717. The summed E-state index contributed by atoms with van der Waals surface area (Å²) in [5.74, 6) is 0.881. The van der Waals surface area contributed by atoms with Gasteiger partial charge in [-0.1, -0.05) is 13.8 Å². The average Bonchev–Trinajstić information content (AvgIpc) is 2.88. The van der Waals surface area contributed by atoms with Crippen molar-refractivity contribution in [3.8, 4) is 0 Å². The van der Waals surface area contributed by atoms with Gasteiger partial charge in [-0.25, -0.2) is 0 Å². The topological polar surface area (TPSA) is 21.3 Å². The van der Waals surface area contributed by atoms with Gasteiger partial charge in [0, 0.05) is 18.6 Å². The van der Waals surface area contributed by atoms with E-state index in [4.69, 9.17) is 4.74 Å². The van der Waals surface area contributed by atoms with E-state index in [9.17, 15) is 0 Å². The van der Waals surface area contributed by atoms with Crippen molar-refractivity contribution in [1.82, 2.24) is 5.32 Å². The largest absolute Gasteiger partial charge is 0.377 e. The summed E-state index contributed by atoms with van der Waals surface area (Å²) in [5.41, 5.74) is 0.414. The second-order valence-electron chi connectivity index (χ2n) is 4.81. The van der Waals surface area contributed by atoms with E-state index in [-0.39, 0.29) is 0 Å². The third-order valence-electron chi connectivity index (χ3n) is 3.49. The maximum Gasteiger partial charge on any atom is 0.0669 e. The highest BCUT2D eigenvalue weighted by molar-refractivity contribution is 4.97. The molecule has 1 heterocycles. The first-order valence-corrected chi connectivity index (χ1v) is 5.58. The zero-order valence-corrected chi connectivity index (χ0v) is 8.81. The van der Waals surface area contributed by atoms with Gasteiger partial charge in [-0.15, -0.1) is 0 Å². The average molecular weight is 183 g/mol. The first-order chi connectivity index (χ1) is 6.26. The fourth-order valence-electron chi connectivity index (χ4n) is 2.47. The van der Waals surface area contributed by atoms with Crippen LogP contribution in [0.1, 0.15) is 33.1 Å². The van der Waals surface area contributed by atoms with E-state index in [2.05, 4.69) is 19.2 Å². The zero-order chi connectivity index (χ0) is 9.31. The van der Waals surface area contributed by atoms with Crippen molar-refractivity contribution in [3.05, 3.63) is 0 Å². The van der Waals surface area contributed by atoms with Crippen LogP contribution in [0.3, 0.4) is 0 Å². The maximum absolute atomic E-state index is 5.85. The highest BCUT2D eigenvalue weighted by Gasteiger charge is 2.47. The van der Waals surface area contributed by atoms with E-state index in [1.807, 2.05) is 0 Å². The van der Waals surface area contributed by atoms with E-state index in [0.29, 0.717) is 11.5 Å². The number of hydrogen-bond donors (Lipinski definition) is 1. The van der Waals surface area contributed by atoms with Crippen molar-refractivity contribution in [3.63, 3.8) is 0 Å². The highest BCUT2D eigenvalue weighted by atomic mass is 16.5. The van der Waals surface area contributed by atoms with Crippen molar-refractivity contribution in [2.45, 2.75) is 39.2 Å². The van der Waals surface area contributed by atoms with Gasteiger partial charge in [-0.3, -0.25) is 0 Å². The fraction of sp³-hybridized carbons (Fsp3) is 1.00. The van der Waals surface area contributed by atoms with E-state index < -0.39 is 0 Å². The molecule has 76 valence electrons. The van der Waals surface area contributed by atoms with Gasteiger partial charge in [0.25, 0.3) is 0 Å². The van der Waals surface area contributed by atoms with Crippen LogP contribution in [0.25, 0.3) is 0 Å². The molecular formula is C11H21NO. The fourth-order valence-corrected chi connectivity index (χ4v) is 2.47. The Hall–Kier alpha value is -0.0800. The number of hydrogen-bond acceptors (Lipinski definition) is 2. The molecule has 1 N–H and O–H groups in total. The SMILES string of the molecule is CCNCC1(C)CCOC1C1CC1. The molecule has 0 aromatic heterocycles. The number of nitrogens with one attached hydrogen (secondary N) is 1. The lowest BCUT2D eigenvalue weighted by atomic mass is 9.81. The molecule has 1 aliphatic carbocycles. The van der Waals surface area contributed by atoms with E-state index in [1.54, 1.807) is 0 Å². The molecule has 0 radical (unpaired) electrons. The van der Waals surface area contributed by atoms with Gasteiger partial charge in [-0.2, -0.15) is 0 Å². The lowest BCUT2D eigenvalue weighted by Gasteiger charge is -2.30. The normalized spacial score (nSPS) is 39.7. The molecule has 0 bridgehead atoms. The molecule has 1 saturated heterocycles. The number of rotatable bonds is 4. The lowest BCUT2D eigenvalue weighted by Crippen LogP contribution is -2.39. The molecule has 1 saturated carbocycles. The highest BCUT2D eigenvalue weighted by Crippen LogP contribution is 2.47. The minimum absolute atomic E-state index is 0.414. The van der Waals surface area contributed by atoms with Crippen LogP contribution in [0.4, 0.5) is 0 Å². The van der Waals surface area contributed by atoms with Gasteiger partial charge in [-0.05, 0) is 31.7 Å². The zero-order valence-electron chi connectivity index (χ0n) is 8.81. The predicted molar refractivity (Wildman–Crippen MR) is 53.7 cm³/mol. The molecule has 2 heteroatoms. The molecule has 2 unspecified atom stereocenters. The molecule has 0 spiro atoms. The van der Waals surface area contributed by atoms with Crippen molar-refractivity contribution in [2.75, 3.05) is 19.7 Å². The molecule has 0 aromatic rings. The molecule has 1 aliphatic heterocycles. The Kier molecular flexibility index (Phi) is 2.61. The monoisotopic (exact) mass is 183 g/mol. The Morgan fingerprint density at radius 1 is 1.46 bits per heavy atom. The Morgan fingerprint density at radius 3 is 2.85 bits per heavy atom. The van der Waals surface area contributed by atoms with Gasteiger partial charge < -0.3 is 10.1 Å². The minimum Gasteiger partial charge on any atom is -0.377 e. The van der Waals surface area contributed by atoms with Crippen LogP contribution in [0.15, 0.2) is 0 Å². The van der Waals surface area contributed by atoms with E-state index >= 15 is 0 Å². The second-order valence-corrected chi connectivity index (χ2v) is 4.81. The molecule has 0 aromatic carbocycles. The van der Waals surface area contributed by atoms with Crippen LogP contribution >= 0.6 is 0 Å². The van der Waals surface area contributed by atoms with Crippen LogP contribution < -0.4 is 5.32 Å². The molecule has 2 aliphatic rings. The molecule has 2 rings (SSSR count). The predicted octanol–water partition coefficient (Wildman–Crippen LogP) is 1.80. The summed E-state index contributed by atoms with van der Waals surface area (Å²) in [7, 11) is 0. The summed E-state index contributed by atoms with van der Waals surface area (Å²) < 4.78 is 5.85. The molecule has 13 heavy (non-hydrogen) atoms. The molecular weight excluding hydrogens is 162 g/mol. The maximum atomic E-state index is 5.85. The van der Waals surface area contributed by atoms with Crippen LogP contribution in [0.5, 0.6) is 0 Å². The van der Waals surface area contributed by atoms with Crippen LogP contribution in [0.2, 0.25) is 0 Å². The van der Waals surface area contributed by atoms with Gasteiger partial charge in [0.1, 0.15) is 0 Å². The Morgan fingerprint density at radius 2 is 2.23 bits per heavy atom. The molecule has 2 atom stereocenters. The molecule has 2 nitrogen and oxygen atoms in total. The summed E-state index contributed by atoms with van der Waals surface area (Å²) >= 11 is 0. The van der Waals surface area contributed by atoms with Gasteiger partial charge >= 0.3 is 0 Å². The Balaban J connectivity index is 1.93. The van der Waals surface area contributed by atoms with Crippen molar-refractivity contribution in [2.24, 2.45) is 11.3 Å². The van der Waals surface area contributed by atoms with Gasteiger partial charge in [0.2, 0.25) is 0 Å². The lowest BCUT2D eigenvalue weighted by molar-refractivity contribution is 0.0390. The minimum atomic E-state index is 0.414. The summed E-state index contributed by atoms with van der Waals surface area (Å²) in [6.07, 6.45) is 4.58. The summed E-state index contributed by atoms with van der Waals surface area (Å²) in [6, 6.07) is 0.